The minimum atomic E-state index is -4.39. The lowest BCUT2D eigenvalue weighted by Crippen LogP contribution is -2.40. The van der Waals surface area contributed by atoms with Crippen LogP contribution < -0.4 is 10.6 Å². The van der Waals surface area contributed by atoms with E-state index < -0.39 is 11.7 Å². The van der Waals surface area contributed by atoms with Gasteiger partial charge in [0.05, 0.1) is 12.1 Å². The summed E-state index contributed by atoms with van der Waals surface area (Å²) in [5.74, 6) is 1.21. The Labute approximate surface area is 153 Å². The third-order valence-corrected chi connectivity index (χ3v) is 4.56. The summed E-state index contributed by atoms with van der Waals surface area (Å²) in [4.78, 5) is 14.3. The second-order valence-corrected chi connectivity index (χ2v) is 7.34. The molecular formula is C19H28F3N3O. The number of anilines is 1. The molecule has 146 valence electrons. The molecule has 4 nitrogen and oxygen atoms in total. The Bertz CT molecular complexity index is 582. The van der Waals surface area contributed by atoms with Crippen molar-refractivity contribution < 1.29 is 18.0 Å². The molecule has 0 aliphatic carbocycles. The van der Waals surface area contributed by atoms with Crippen molar-refractivity contribution in [3.05, 3.63) is 29.8 Å². The molecule has 1 amide bonds. The molecule has 1 saturated heterocycles. The van der Waals surface area contributed by atoms with Crippen LogP contribution >= 0.6 is 0 Å². The van der Waals surface area contributed by atoms with Crippen LogP contribution in [0.1, 0.15) is 32.3 Å². The summed E-state index contributed by atoms with van der Waals surface area (Å²) in [7, 11) is 0. The fourth-order valence-corrected chi connectivity index (χ4v) is 3.56. The van der Waals surface area contributed by atoms with Crippen LogP contribution in [0.4, 0.5) is 18.9 Å². The Balaban J connectivity index is 1.65. The number of nitrogens with one attached hydrogen (secondary N) is 2. The molecule has 1 aromatic rings. The van der Waals surface area contributed by atoms with Gasteiger partial charge in [-0.15, -0.1) is 0 Å². The number of halogens is 3. The van der Waals surface area contributed by atoms with Crippen molar-refractivity contribution in [2.45, 2.75) is 32.9 Å². The third-order valence-electron chi connectivity index (χ3n) is 4.56. The van der Waals surface area contributed by atoms with Crippen molar-refractivity contribution in [1.82, 2.24) is 10.2 Å². The smallest absolute Gasteiger partial charge is 0.376 e. The molecule has 2 atom stereocenters. The topological polar surface area (TPSA) is 44.4 Å². The molecule has 1 aliphatic heterocycles. The Hall–Kier alpha value is -1.76. The van der Waals surface area contributed by atoms with E-state index in [-0.39, 0.29) is 18.1 Å². The maximum Gasteiger partial charge on any atom is 0.416 e. The summed E-state index contributed by atoms with van der Waals surface area (Å²) >= 11 is 0. The number of piperidine rings is 1. The largest absolute Gasteiger partial charge is 0.416 e. The molecule has 2 rings (SSSR count). The third kappa shape index (κ3) is 6.86. The number of alkyl halides is 3. The van der Waals surface area contributed by atoms with Crippen molar-refractivity contribution in [2.24, 2.45) is 11.8 Å². The number of amides is 1. The van der Waals surface area contributed by atoms with Crippen molar-refractivity contribution in [3.8, 4) is 0 Å². The first-order chi connectivity index (χ1) is 12.2. The van der Waals surface area contributed by atoms with Gasteiger partial charge in [0.25, 0.3) is 0 Å². The van der Waals surface area contributed by atoms with E-state index in [0.29, 0.717) is 18.4 Å². The Morgan fingerprint density at radius 3 is 2.58 bits per heavy atom. The number of hydrogen-bond acceptors (Lipinski definition) is 3. The number of likely N-dealkylation sites (tertiary alicyclic amines) is 1. The predicted octanol–water partition coefficient (Wildman–Crippen LogP) is 3.60. The molecule has 0 aromatic heterocycles. The predicted molar refractivity (Wildman–Crippen MR) is 96.9 cm³/mol. The maximum atomic E-state index is 12.7. The molecule has 1 fully saturated rings. The summed E-state index contributed by atoms with van der Waals surface area (Å²) in [6.07, 6.45) is -2.24. The second-order valence-electron chi connectivity index (χ2n) is 7.34. The fraction of sp³-hybridized carbons (Fsp3) is 0.632. The van der Waals surface area contributed by atoms with Gasteiger partial charge in [-0.25, -0.2) is 0 Å². The summed E-state index contributed by atoms with van der Waals surface area (Å²) < 4.78 is 38.0. The SMILES string of the molecule is CC1CC(C)CN(CCCNC(=O)CNc2cccc(C(F)(F)F)c2)C1. The molecule has 26 heavy (non-hydrogen) atoms. The standard InChI is InChI=1S/C19H28F3N3O/c1-14-9-15(2)13-25(12-14)8-4-7-23-18(26)11-24-17-6-3-5-16(10-17)19(20,21)22/h3,5-6,10,14-15,24H,4,7-9,11-13H2,1-2H3,(H,23,26). The van der Waals surface area contributed by atoms with Gasteiger partial charge in [-0.05, 0) is 49.4 Å². The van der Waals surface area contributed by atoms with E-state index >= 15 is 0 Å². The van der Waals surface area contributed by atoms with Crippen LogP contribution in [0.5, 0.6) is 0 Å². The van der Waals surface area contributed by atoms with Gasteiger partial charge in [-0.2, -0.15) is 13.2 Å². The van der Waals surface area contributed by atoms with Gasteiger partial charge >= 0.3 is 6.18 Å². The summed E-state index contributed by atoms with van der Waals surface area (Å²) in [6, 6.07) is 4.85. The average Bonchev–Trinajstić information content (AvgIpc) is 2.55. The van der Waals surface area contributed by atoms with E-state index in [4.69, 9.17) is 0 Å². The van der Waals surface area contributed by atoms with Crippen LogP contribution in [0.25, 0.3) is 0 Å². The van der Waals surface area contributed by atoms with Crippen LogP contribution in [-0.4, -0.2) is 43.5 Å². The zero-order chi connectivity index (χ0) is 19.2. The molecule has 0 saturated carbocycles. The summed E-state index contributed by atoms with van der Waals surface area (Å²) in [5.41, 5.74) is -0.445. The van der Waals surface area contributed by atoms with Crippen LogP contribution in [0.3, 0.4) is 0 Å². The van der Waals surface area contributed by atoms with E-state index in [1.165, 1.54) is 18.6 Å². The number of benzene rings is 1. The summed E-state index contributed by atoms with van der Waals surface area (Å²) in [5, 5.41) is 5.55. The monoisotopic (exact) mass is 371 g/mol. The summed E-state index contributed by atoms with van der Waals surface area (Å²) in [6.45, 7) is 8.23. The molecule has 0 bridgehead atoms. The Morgan fingerprint density at radius 2 is 1.92 bits per heavy atom. The van der Waals surface area contributed by atoms with Gasteiger partial charge in [0, 0.05) is 25.3 Å². The quantitative estimate of drug-likeness (QED) is 0.720. The Morgan fingerprint density at radius 1 is 1.23 bits per heavy atom. The molecule has 7 heteroatoms. The first kappa shape index (κ1) is 20.6. The van der Waals surface area contributed by atoms with Gasteiger partial charge in [-0.3, -0.25) is 4.79 Å². The van der Waals surface area contributed by atoms with Crippen LogP contribution in [0, 0.1) is 11.8 Å². The lowest BCUT2D eigenvalue weighted by molar-refractivity contribution is -0.137. The van der Waals surface area contributed by atoms with E-state index in [1.807, 2.05) is 0 Å². The highest BCUT2D eigenvalue weighted by molar-refractivity contribution is 5.80. The van der Waals surface area contributed by atoms with Gasteiger partial charge < -0.3 is 15.5 Å². The molecule has 0 spiro atoms. The van der Waals surface area contributed by atoms with Crippen molar-refractivity contribution in [2.75, 3.05) is 38.0 Å². The van der Waals surface area contributed by atoms with Crippen molar-refractivity contribution >= 4 is 11.6 Å². The highest BCUT2D eigenvalue weighted by Gasteiger charge is 2.30. The molecule has 0 radical (unpaired) electrons. The molecule has 1 aromatic carbocycles. The van der Waals surface area contributed by atoms with Crippen LogP contribution in [0.15, 0.2) is 24.3 Å². The first-order valence-corrected chi connectivity index (χ1v) is 9.14. The van der Waals surface area contributed by atoms with E-state index in [2.05, 4.69) is 29.4 Å². The minimum Gasteiger partial charge on any atom is -0.376 e. The fourth-order valence-electron chi connectivity index (χ4n) is 3.56. The highest BCUT2D eigenvalue weighted by Crippen LogP contribution is 2.30. The number of carbonyl (C=O) groups excluding carboxylic acids is 1. The average molecular weight is 371 g/mol. The first-order valence-electron chi connectivity index (χ1n) is 9.14. The lowest BCUT2D eigenvalue weighted by atomic mass is 9.92. The van der Waals surface area contributed by atoms with Gasteiger partial charge in [0.15, 0.2) is 0 Å². The van der Waals surface area contributed by atoms with Crippen molar-refractivity contribution in [1.29, 1.82) is 0 Å². The zero-order valence-electron chi connectivity index (χ0n) is 15.4. The number of carbonyl (C=O) groups is 1. The maximum absolute atomic E-state index is 12.7. The molecule has 2 N–H and O–H groups in total. The number of nitrogens with zero attached hydrogens (tertiary/aromatic N) is 1. The lowest BCUT2D eigenvalue weighted by Gasteiger charge is -2.34. The zero-order valence-corrected chi connectivity index (χ0v) is 15.4. The Kier molecular flexibility index (Phi) is 7.32. The van der Waals surface area contributed by atoms with Gasteiger partial charge in [0.1, 0.15) is 0 Å². The van der Waals surface area contributed by atoms with E-state index in [9.17, 15) is 18.0 Å². The van der Waals surface area contributed by atoms with Crippen LogP contribution in [0.2, 0.25) is 0 Å². The van der Waals surface area contributed by atoms with Crippen LogP contribution in [-0.2, 0) is 11.0 Å². The molecule has 2 unspecified atom stereocenters. The van der Waals surface area contributed by atoms with E-state index in [0.717, 1.165) is 38.2 Å². The number of rotatable bonds is 7. The minimum absolute atomic E-state index is 0.0426. The molecular weight excluding hydrogens is 343 g/mol. The van der Waals surface area contributed by atoms with Crippen molar-refractivity contribution in [3.63, 3.8) is 0 Å². The normalized spacial score (nSPS) is 21.4. The van der Waals surface area contributed by atoms with Gasteiger partial charge in [-0.1, -0.05) is 19.9 Å². The number of hydrogen-bond donors (Lipinski definition) is 2. The molecule has 1 aliphatic rings. The second kappa shape index (κ2) is 9.26. The molecule has 1 heterocycles. The van der Waals surface area contributed by atoms with E-state index in [1.54, 1.807) is 0 Å². The highest BCUT2D eigenvalue weighted by atomic mass is 19.4. The van der Waals surface area contributed by atoms with Gasteiger partial charge in [0.2, 0.25) is 5.91 Å².